The first-order chi connectivity index (χ1) is 23.1. The lowest BCUT2D eigenvalue weighted by Gasteiger charge is -2.23. The van der Waals surface area contributed by atoms with Crippen LogP contribution in [0, 0.1) is 17.9 Å². The minimum absolute atomic E-state index is 0.123. The van der Waals surface area contributed by atoms with Crippen molar-refractivity contribution in [1.29, 1.82) is 5.26 Å². The normalized spacial score (nSPS) is 10.4. The number of aromatic hydroxyl groups is 2. The predicted octanol–water partition coefficient (Wildman–Crippen LogP) is 1.49. The highest BCUT2D eigenvalue weighted by Crippen LogP contribution is 2.21. The van der Waals surface area contributed by atoms with E-state index in [0.29, 0.717) is 11.1 Å². The summed E-state index contributed by atoms with van der Waals surface area (Å²) in [7, 11) is 0. The molecule has 0 aliphatic carbocycles. The van der Waals surface area contributed by atoms with Crippen molar-refractivity contribution >= 4 is 35.8 Å². The maximum absolute atomic E-state index is 13.1. The molecule has 0 fully saturated rings. The first-order valence-corrected chi connectivity index (χ1v) is 14.6. The van der Waals surface area contributed by atoms with E-state index in [9.17, 15) is 39.0 Å². The number of carbonyl (C=O) groups is 6. The Bertz CT molecular complexity index is 1540. The zero-order valence-corrected chi connectivity index (χ0v) is 27.0. The number of ether oxygens (including phenoxy) is 3. The Hall–Kier alpha value is -6.36. The van der Waals surface area contributed by atoms with Crippen LogP contribution in [0.3, 0.4) is 0 Å². The second-order valence-corrected chi connectivity index (χ2v) is 11.1. The molecule has 4 amide bonds. The van der Waals surface area contributed by atoms with Crippen molar-refractivity contribution in [3.63, 3.8) is 0 Å². The van der Waals surface area contributed by atoms with E-state index < -0.39 is 79.3 Å². The van der Waals surface area contributed by atoms with Gasteiger partial charge in [-0.2, -0.15) is 5.26 Å². The SMILES string of the molecule is [C-]#[N+]COC(=O)c1ccc(CNC(=O)CN(CC(=O)NCc2ccc(C(=O)OCC#N)c(O)c2)C(=O)CCNC(=O)OC(C)(C)C)cc1O. The maximum atomic E-state index is 13.1. The van der Waals surface area contributed by atoms with E-state index in [1.807, 2.05) is 0 Å². The molecule has 0 aromatic heterocycles. The average Bonchev–Trinajstić information content (AvgIpc) is 3.03. The summed E-state index contributed by atoms with van der Waals surface area (Å²) in [6.45, 7) is 9.13. The third kappa shape index (κ3) is 13.9. The highest BCUT2D eigenvalue weighted by molar-refractivity contribution is 5.93. The van der Waals surface area contributed by atoms with Crippen molar-refractivity contribution in [2.24, 2.45) is 0 Å². The van der Waals surface area contributed by atoms with Gasteiger partial charge in [0.15, 0.2) is 6.61 Å². The standard InChI is InChI=1S/C32H36N6O11/c1-32(2,3)49-31(46)35-11-9-28(43)38(17-26(41)36-15-20-5-7-22(24(39)13-20)29(44)47-12-10-33)18-27(42)37-16-21-6-8-23(25(40)14-21)30(45)48-19-34-4/h5-8,13-14,39-40H,9,11-12,15-19H2,1-3H3,(H,35,46)(H,36,41)(H,37,42). The van der Waals surface area contributed by atoms with Gasteiger partial charge in [-0.1, -0.05) is 12.1 Å². The monoisotopic (exact) mass is 680 g/mol. The molecule has 17 heteroatoms. The summed E-state index contributed by atoms with van der Waals surface area (Å²) in [5.74, 6) is -4.69. The van der Waals surface area contributed by atoms with Gasteiger partial charge in [-0.3, -0.25) is 19.2 Å². The van der Waals surface area contributed by atoms with Crippen LogP contribution >= 0.6 is 0 Å². The second kappa shape index (κ2) is 18.7. The highest BCUT2D eigenvalue weighted by atomic mass is 16.6. The fraction of sp³-hybridized carbons (Fsp3) is 0.375. The molecule has 0 bridgehead atoms. The average molecular weight is 681 g/mol. The molecule has 0 aliphatic rings. The minimum atomic E-state index is -0.908. The Morgan fingerprint density at radius 2 is 1.37 bits per heavy atom. The zero-order valence-electron chi connectivity index (χ0n) is 27.0. The van der Waals surface area contributed by atoms with Crippen LogP contribution in [0.5, 0.6) is 11.5 Å². The quantitative estimate of drug-likeness (QED) is 0.102. The number of nitrogens with one attached hydrogen (secondary N) is 3. The van der Waals surface area contributed by atoms with Gasteiger partial charge in [0.05, 0.1) is 0 Å². The lowest BCUT2D eigenvalue weighted by molar-refractivity contribution is -0.139. The number of phenols is 2. The topological polar surface area (TPSA) is 238 Å². The van der Waals surface area contributed by atoms with Gasteiger partial charge < -0.3 is 45.3 Å². The summed E-state index contributed by atoms with van der Waals surface area (Å²) in [6.07, 6.45) is -1.04. The number of amides is 4. The van der Waals surface area contributed by atoms with Crippen molar-refractivity contribution in [2.45, 2.75) is 45.9 Å². The van der Waals surface area contributed by atoms with E-state index in [1.54, 1.807) is 26.8 Å². The molecular weight excluding hydrogens is 644 g/mol. The van der Waals surface area contributed by atoms with Gasteiger partial charge in [0.1, 0.15) is 47.4 Å². The van der Waals surface area contributed by atoms with Crippen molar-refractivity contribution in [3.8, 4) is 17.6 Å². The second-order valence-electron chi connectivity index (χ2n) is 11.1. The van der Waals surface area contributed by atoms with Gasteiger partial charge in [-0.15, -0.1) is 0 Å². The molecule has 2 aromatic rings. The van der Waals surface area contributed by atoms with E-state index in [-0.39, 0.29) is 37.2 Å². The molecule has 0 aliphatic heterocycles. The first kappa shape index (κ1) is 38.8. The zero-order chi connectivity index (χ0) is 36.6. The summed E-state index contributed by atoms with van der Waals surface area (Å²) in [4.78, 5) is 78.4. The Morgan fingerprint density at radius 3 is 1.82 bits per heavy atom. The van der Waals surface area contributed by atoms with Gasteiger partial charge in [0, 0.05) is 26.1 Å². The maximum Gasteiger partial charge on any atom is 0.407 e. The molecule has 0 atom stereocenters. The van der Waals surface area contributed by atoms with Crippen LogP contribution in [0.15, 0.2) is 36.4 Å². The predicted molar refractivity (Wildman–Crippen MR) is 168 cm³/mol. The molecule has 0 unspecified atom stereocenters. The van der Waals surface area contributed by atoms with Gasteiger partial charge in [0.25, 0.3) is 0 Å². The molecule has 5 N–H and O–H groups in total. The number of hydrogen-bond donors (Lipinski definition) is 5. The summed E-state index contributed by atoms with van der Waals surface area (Å²) in [5.41, 5.74) is -0.359. The molecule has 2 aromatic carbocycles. The molecule has 2 rings (SSSR count). The van der Waals surface area contributed by atoms with Crippen LogP contribution in [0.4, 0.5) is 4.79 Å². The summed E-state index contributed by atoms with van der Waals surface area (Å²) >= 11 is 0. The number of carbonyl (C=O) groups excluding carboxylic acids is 6. The van der Waals surface area contributed by atoms with Crippen LogP contribution in [0.2, 0.25) is 0 Å². The minimum Gasteiger partial charge on any atom is -0.507 e. The number of nitriles is 1. The van der Waals surface area contributed by atoms with Crippen molar-refractivity contribution in [2.75, 3.05) is 33.0 Å². The lowest BCUT2D eigenvalue weighted by Crippen LogP contribution is -2.46. The number of rotatable bonds is 15. The molecule has 0 radical (unpaired) electrons. The van der Waals surface area contributed by atoms with Gasteiger partial charge >= 0.3 is 24.8 Å². The Labute approximate surface area is 281 Å². The largest absolute Gasteiger partial charge is 0.507 e. The highest BCUT2D eigenvalue weighted by Gasteiger charge is 2.22. The summed E-state index contributed by atoms with van der Waals surface area (Å²) in [5, 5.41) is 36.4. The lowest BCUT2D eigenvalue weighted by atomic mass is 10.1. The third-order valence-electron chi connectivity index (χ3n) is 6.10. The van der Waals surface area contributed by atoms with E-state index in [1.165, 1.54) is 36.4 Å². The third-order valence-corrected chi connectivity index (χ3v) is 6.10. The Kier molecular flexibility index (Phi) is 14.8. The smallest absolute Gasteiger partial charge is 0.407 e. The molecular formula is C32H36N6O11. The van der Waals surface area contributed by atoms with Crippen LogP contribution in [-0.4, -0.2) is 89.4 Å². The number of alkyl carbamates (subject to hydrolysis) is 1. The van der Waals surface area contributed by atoms with Crippen LogP contribution < -0.4 is 16.0 Å². The molecule has 17 nitrogen and oxygen atoms in total. The Morgan fingerprint density at radius 1 is 0.857 bits per heavy atom. The van der Waals surface area contributed by atoms with Crippen LogP contribution in [-0.2, 0) is 41.7 Å². The van der Waals surface area contributed by atoms with E-state index in [2.05, 4.69) is 30.3 Å². The van der Waals surface area contributed by atoms with E-state index in [0.717, 1.165) is 4.90 Å². The van der Waals surface area contributed by atoms with E-state index in [4.69, 9.17) is 16.6 Å². The van der Waals surface area contributed by atoms with E-state index >= 15 is 0 Å². The number of nitrogens with zero attached hydrogens (tertiary/aromatic N) is 3. The van der Waals surface area contributed by atoms with Gasteiger partial charge in [-0.05, 0) is 56.2 Å². The number of hydrogen-bond acceptors (Lipinski definition) is 12. The molecule has 0 spiro atoms. The van der Waals surface area contributed by atoms with Crippen molar-refractivity contribution in [3.05, 3.63) is 70.1 Å². The Balaban J connectivity index is 2.06. The van der Waals surface area contributed by atoms with Crippen LogP contribution in [0.25, 0.3) is 4.85 Å². The number of benzene rings is 2. The van der Waals surface area contributed by atoms with Crippen molar-refractivity contribution in [1.82, 2.24) is 20.9 Å². The van der Waals surface area contributed by atoms with Crippen LogP contribution in [0.1, 0.15) is 59.0 Å². The fourth-order valence-corrected chi connectivity index (χ4v) is 3.90. The molecule has 260 valence electrons. The molecule has 49 heavy (non-hydrogen) atoms. The number of phenolic OH excluding ortho intramolecular Hbond substituents is 2. The molecule has 0 saturated heterocycles. The molecule has 0 saturated carbocycles. The van der Waals surface area contributed by atoms with Crippen molar-refractivity contribution < 1.29 is 53.2 Å². The van der Waals surface area contributed by atoms with Gasteiger partial charge in [0.2, 0.25) is 17.7 Å². The first-order valence-electron chi connectivity index (χ1n) is 14.6. The van der Waals surface area contributed by atoms with Gasteiger partial charge in [-0.25, -0.2) is 21.0 Å². The number of esters is 2. The fourth-order valence-electron chi connectivity index (χ4n) is 3.90. The summed E-state index contributed by atoms with van der Waals surface area (Å²) in [6, 6.07) is 9.45. The summed E-state index contributed by atoms with van der Waals surface area (Å²) < 4.78 is 14.5. The molecule has 0 heterocycles.